The summed E-state index contributed by atoms with van der Waals surface area (Å²) in [6.07, 6.45) is -1.42. The standard InChI is InChI=1S/C17H18F3N3O2/c18-17(19,20)13-7-3-4-8-14(13)22-15(24)10-23-16(25)12-6-2-1-5-11(12)9-21-23/h1-2,5-6,9,13-14H,3-4,7-8,10H2,(H,22,24)/t13-,14-/m0/s1. The van der Waals surface area contributed by atoms with Crippen molar-refractivity contribution in [3.8, 4) is 0 Å². The molecule has 1 N–H and O–H groups in total. The predicted octanol–water partition coefficient (Wildman–Crippen LogP) is 2.63. The lowest BCUT2D eigenvalue weighted by Crippen LogP contribution is -2.49. The zero-order valence-electron chi connectivity index (χ0n) is 13.4. The van der Waals surface area contributed by atoms with Crippen LogP contribution in [0.3, 0.4) is 0 Å². The molecule has 25 heavy (non-hydrogen) atoms. The molecule has 0 spiro atoms. The molecule has 1 aliphatic rings. The molecule has 1 amide bonds. The van der Waals surface area contributed by atoms with Gasteiger partial charge in [0, 0.05) is 11.4 Å². The van der Waals surface area contributed by atoms with Crippen molar-refractivity contribution in [2.45, 2.75) is 44.4 Å². The van der Waals surface area contributed by atoms with Crippen LogP contribution in [0.25, 0.3) is 10.8 Å². The maximum absolute atomic E-state index is 13.1. The Labute approximate surface area is 141 Å². The number of nitrogens with one attached hydrogen (secondary N) is 1. The number of carbonyl (C=O) groups excluding carboxylic acids is 1. The third kappa shape index (κ3) is 3.83. The molecule has 1 fully saturated rings. The number of alkyl halides is 3. The van der Waals surface area contributed by atoms with Gasteiger partial charge in [0.15, 0.2) is 0 Å². The second kappa shape index (κ2) is 6.85. The molecule has 1 aromatic carbocycles. The molecule has 0 saturated heterocycles. The summed E-state index contributed by atoms with van der Waals surface area (Å²) in [6, 6.07) is 5.86. The van der Waals surface area contributed by atoms with E-state index in [1.54, 1.807) is 24.3 Å². The number of hydrogen-bond acceptors (Lipinski definition) is 3. The smallest absolute Gasteiger partial charge is 0.351 e. The van der Waals surface area contributed by atoms with Gasteiger partial charge in [-0.2, -0.15) is 18.3 Å². The molecule has 134 valence electrons. The molecule has 1 aliphatic carbocycles. The average molecular weight is 353 g/mol. The number of aromatic nitrogens is 2. The fourth-order valence-electron chi connectivity index (χ4n) is 3.32. The molecular weight excluding hydrogens is 335 g/mol. The van der Waals surface area contributed by atoms with Gasteiger partial charge in [-0.1, -0.05) is 31.0 Å². The van der Waals surface area contributed by atoms with Crippen molar-refractivity contribution in [3.05, 3.63) is 40.8 Å². The van der Waals surface area contributed by atoms with E-state index in [-0.39, 0.29) is 12.8 Å². The van der Waals surface area contributed by atoms with Gasteiger partial charge in [0.2, 0.25) is 5.91 Å². The number of nitrogens with zero attached hydrogens (tertiary/aromatic N) is 2. The number of halogens is 3. The van der Waals surface area contributed by atoms with E-state index < -0.39 is 36.1 Å². The molecule has 5 nitrogen and oxygen atoms in total. The molecule has 8 heteroatoms. The monoisotopic (exact) mass is 353 g/mol. The second-order valence-corrected chi connectivity index (χ2v) is 6.30. The molecule has 2 aromatic rings. The summed E-state index contributed by atoms with van der Waals surface area (Å²) < 4.78 is 40.2. The third-order valence-electron chi connectivity index (χ3n) is 4.59. The molecule has 0 unspecified atom stereocenters. The van der Waals surface area contributed by atoms with Crippen LogP contribution >= 0.6 is 0 Å². The van der Waals surface area contributed by atoms with Gasteiger partial charge in [-0.25, -0.2) is 4.68 Å². The number of rotatable bonds is 3. The lowest BCUT2D eigenvalue weighted by atomic mass is 9.84. The van der Waals surface area contributed by atoms with Crippen LogP contribution in [0.15, 0.2) is 35.3 Å². The normalized spacial score (nSPS) is 21.2. The molecule has 2 atom stereocenters. The fraction of sp³-hybridized carbons (Fsp3) is 0.471. The van der Waals surface area contributed by atoms with Crippen molar-refractivity contribution < 1.29 is 18.0 Å². The van der Waals surface area contributed by atoms with Crippen molar-refractivity contribution in [2.24, 2.45) is 5.92 Å². The Morgan fingerprint density at radius 1 is 1.24 bits per heavy atom. The number of hydrogen-bond donors (Lipinski definition) is 1. The molecule has 0 aliphatic heterocycles. The van der Waals surface area contributed by atoms with Crippen LogP contribution in [0.4, 0.5) is 13.2 Å². The minimum atomic E-state index is -4.34. The Morgan fingerprint density at radius 2 is 1.96 bits per heavy atom. The minimum Gasteiger partial charge on any atom is -0.351 e. The summed E-state index contributed by atoms with van der Waals surface area (Å²) in [7, 11) is 0. The van der Waals surface area contributed by atoms with E-state index in [4.69, 9.17) is 0 Å². The van der Waals surface area contributed by atoms with Crippen LogP contribution in [-0.4, -0.2) is 27.9 Å². The van der Waals surface area contributed by atoms with Gasteiger partial charge in [-0.3, -0.25) is 9.59 Å². The molecule has 1 heterocycles. The van der Waals surface area contributed by atoms with E-state index in [9.17, 15) is 22.8 Å². The highest BCUT2D eigenvalue weighted by Crippen LogP contribution is 2.37. The fourth-order valence-corrected chi connectivity index (χ4v) is 3.32. The van der Waals surface area contributed by atoms with Gasteiger partial charge < -0.3 is 5.32 Å². The third-order valence-corrected chi connectivity index (χ3v) is 4.59. The Hall–Kier alpha value is -2.38. The Morgan fingerprint density at radius 3 is 2.72 bits per heavy atom. The van der Waals surface area contributed by atoms with Crippen molar-refractivity contribution in [2.75, 3.05) is 0 Å². The van der Waals surface area contributed by atoms with Crippen LogP contribution in [0.2, 0.25) is 0 Å². The van der Waals surface area contributed by atoms with E-state index in [2.05, 4.69) is 10.4 Å². The number of carbonyl (C=O) groups is 1. The Kier molecular flexibility index (Phi) is 4.78. The van der Waals surface area contributed by atoms with E-state index in [1.807, 2.05) is 0 Å². The first-order valence-corrected chi connectivity index (χ1v) is 8.17. The molecular formula is C17H18F3N3O2. The van der Waals surface area contributed by atoms with Gasteiger partial charge in [0.25, 0.3) is 5.56 Å². The quantitative estimate of drug-likeness (QED) is 0.923. The first-order valence-electron chi connectivity index (χ1n) is 8.17. The van der Waals surface area contributed by atoms with Crippen LogP contribution in [0.1, 0.15) is 25.7 Å². The first-order chi connectivity index (χ1) is 11.9. The summed E-state index contributed by atoms with van der Waals surface area (Å²) in [5, 5.41) is 7.43. The van der Waals surface area contributed by atoms with Gasteiger partial charge in [0.05, 0.1) is 17.5 Å². The largest absolute Gasteiger partial charge is 0.393 e. The van der Waals surface area contributed by atoms with Crippen LogP contribution in [0, 0.1) is 5.92 Å². The topological polar surface area (TPSA) is 64.0 Å². The van der Waals surface area contributed by atoms with Crippen molar-refractivity contribution in [3.63, 3.8) is 0 Å². The van der Waals surface area contributed by atoms with Crippen LogP contribution < -0.4 is 10.9 Å². The molecule has 1 saturated carbocycles. The lowest BCUT2D eigenvalue weighted by Gasteiger charge is -2.33. The summed E-state index contributed by atoms with van der Waals surface area (Å²) in [6.45, 7) is -0.398. The SMILES string of the molecule is O=C(Cn1ncc2ccccc2c1=O)N[C@H]1CCCC[C@@H]1C(F)(F)F. The van der Waals surface area contributed by atoms with Crippen molar-refractivity contribution in [1.29, 1.82) is 0 Å². The molecule has 0 bridgehead atoms. The summed E-state index contributed by atoms with van der Waals surface area (Å²) in [5.74, 6) is -2.17. The van der Waals surface area contributed by atoms with Crippen molar-refractivity contribution in [1.82, 2.24) is 15.1 Å². The van der Waals surface area contributed by atoms with E-state index in [0.717, 1.165) is 4.68 Å². The van der Waals surface area contributed by atoms with Gasteiger partial charge >= 0.3 is 6.18 Å². The highest BCUT2D eigenvalue weighted by Gasteiger charge is 2.45. The minimum absolute atomic E-state index is 0.0165. The van der Waals surface area contributed by atoms with Crippen molar-refractivity contribution >= 4 is 16.7 Å². The highest BCUT2D eigenvalue weighted by atomic mass is 19.4. The Balaban J connectivity index is 1.74. The highest BCUT2D eigenvalue weighted by molar-refractivity contribution is 5.81. The van der Waals surface area contributed by atoms with E-state index in [1.165, 1.54) is 6.20 Å². The number of amides is 1. The zero-order valence-corrected chi connectivity index (χ0v) is 13.4. The maximum Gasteiger partial charge on any atom is 0.393 e. The van der Waals surface area contributed by atoms with Crippen LogP contribution in [0.5, 0.6) is 0 Å². The number of benzene rings is 1. The summed E-state index contributed by atoms with van der Waals surface area (Å²) >= 11 is 0. The van der Waals surface area contributed by atoms with Gasteiger partial charge in [-0.15, -0.1) is 0 Å². The van der Waals surface area contributed by atoms with Crippen LogP contribution in [-0.2, 0) is 11.3 Å². The second-order valence-electron chi connectivity index (χ2n) is 6.30. The first kappa shape index (κ1) is 17.4. The molecule has 1 aromatic heterocycles. The number of fused-ring (bicyclic) bond motifs is 1. The molecule has 3 rings (SSSR count). The maximum atomic E-state index is 13.1. The van der Waals surface area contributed by atoms with Gasteiger partial charge in [-0.05, 0) is 18.9 Å². The summed E-state index contributed by atoms with van der Waals surface area (Å²) in [5.41, 5.74) is -0.440. The summed E-state index contributed by atoms with van der Waals surface area (Å²) in [4.78, 5) is 24.5. The predicted molar refractivity (Wildman–Crippen MR) is 85.9 cm³/mol. The lowest BCUT2D eigenvalue weighted by molar-refractivity contribution is -0.189. The van der Waals surface area contributed by atoms with E-state index >= 15 is 0 Å². The Bertz CT molecular complexity index is 832. The van der Waals surface area contributed by atoms with Gasteiger partial charge in [0.1, 0.15) is 6.54 Å². The van der Waals surface area contributed by atoms with E-state index in [0.29, 0.717) is 23.6 Å². The average Bonchev–Trinajstić information content (AvgIpc) is 2.57. The zero-order chi connectivity index (χ0) is 18.0. The molecule has 0 radical (unpaired) electrons.